The van der Waals surface area contributed by atoms with Crippen molar-refractivity contribution in [3.63, 3.8) is 0 Å². The van der Waals surface area contributed by atoms with E-state index in [9.17, 15) is 0 Å². The van der Waals surface area contributed by atoms with Crippen LogP contribution < -0.4 is 4.74 Å². The molecule has 8 heteroatoms. The summed E-state index contributed by atoms with van der Waals surface area (Å²) in [6.45, 7) is 4.18. The van der Waals surface area contributed by atoms with Gasteiger partial charge in [0.25, 0.3) is 11.1 Å². The second-order valence-corrected chi connectivity index (χ2v) is 7.44. The van der Waals surface area contributed by atoms with Crippen molar-refractivity contribution in [1.82, 2.24) is 20.3 Å². The molecular formula is C20H18N4O3S. The van der Waals surface area contributed by atoms with Crippen molar-refractivity contribution >= 4 is 11.8 Å². The highest BCUT2D eigenvalue weighted by molar-refractivity contribution is 7.99. The van der Waals surface area contributed by atoms with E-state index in [0.717, 1.165) is 11.3 Å². The van der Waals surface area contributed by atoms with Gasteiger partial charge in [0, 0.05) is 5.56 Å². The number of hydrogen-bond acceptors (Lipinski definition) is 8. The molecule has 4 aromatic rings. The van der Waals surface area contributed by atoms with Gasteiger partial charge in [-0.3, -0.25) is 0 Å². The largest absolute Gasteiger partial charge is 0.484 e. The third-order valence-electron chi connectivity index (χ3n) is 3.93. The Morgan fingerprint density at radius 3 is 2.61 bits per heavy atom. The van der Waals surface area contributed by atoms with Gasteiger partial charge in [-0.05, 0) is 26.0 Å². The van der Waals surface area contributed by atoms with Crippen molar-refractivity contribution in [3.05, 3.63) is 71.9 Å². The minimum absolute atomic E-state index is 0.128. The second-order valence-electron chi connectivity index (χ2n) is 6.15. The summed E-state index contributed by atoms with van der Waals surface area (Å²) in [6.07, 6.45) is 0. The van der Waals surface area contributed by atoms with E-state index < -0.39 is 0 Å². The second kappa shape index (κ2) is 8.26. The first-order valence-electron chi connectivity index (χ1n) is 8.75. The number of ether oxygens (including phenoxy) is 1. The first kappa shape index (κ1) is 18.2. The molecule has 0 bridgehead atoms. The lowest BCUT2D eigenvalue weighted by atomic mass is 10.2. The summed E-state index contributed by atoms with van der Waals surface area (Å²) < 4.78 is 16.7. The standard InChI is InChI=1S/C20H18N4O3S/c1-13-8-10-16(11-9-13)25-12-17-22-23-20(26-17)28-14(2)19-21-18(24-27-19)15-6-4-3-5-7-15/h3-11,14H,12H2,1-2H3. The summed E-state index contributed by atoms with van der Waals surface area (Å²) in [5.74, 6) is 2.22. The average Bonchev–Trinajstić information content (AvgIpc) is 3.38. The maximum Gasteiger partial charge on any atom is 0.277 e. The zero-order chi connectivity index (χ0) is 19.3. The van der Waals surface area contributed by atoms with E-state index in [4.69, 9.17) is 13.7 Å². The number of nitrogens with zero attached hydrogens (tertiary/aromatic N) is 4. The van der Waals surface area contributed by atoms with E-state index in [1.54, 1.807) is 0 Å². The van der Waals surface area contributed by atoms with E-state index in [1.165, 1.54) is 17.3 Å². The van der Waals surface area contributed by atoms with Crippen LogP contribution in [-0.4, -0.2) is 20.3 Å². The van der Waals surface area contributed by atoms with Crippen LogP contribution in [-0.2, 0) is 6.61 Å². The third kappa shape index (κ3) is 4.40. The van der Waals surface area contributed by atoms with E-state index in [2.05, 4.69) is 20.3 Å². The molecule has 0 aliphatic heterocycles. The van der Waals surface area contributed by atoms with Crippen molar-refractivity contribution in [2.24, 2.45) is 0 Å². The van der Waals surface area contributed by atoms with Crippen LogP contribution in [0.5, 0.6) is 5.75 Å². The fraction of sp³-hybridized carbons (Fsp3) is 0.200. The Hall–Kier alpha value is -3.13. The number of rotatable bonds is 7. The van der Waals surface area contributed by atoms with Gasteiger partial charge < -0.3 is 13.7 Å². The summed E-state index contributed by atoms with van der Waals surface area (Å²) in [6, 6.07) is 17.5. The predicted molar refractivity (Wildman–Crippen MR) is 104 cm³/mol. The Kier molecular flexibility index (Phi) is 5.38. The molecule has 142 valence electrons. The highest BCUT2D eigenvalue weighted by Gasteiger charge is 2.19. The number of benzene rings is 2. The van der Waals surface area contributed by atoms with Crippen molar-refractivity contribution in [2.75, 3.05) is 0 Å². The Morgan fingerprint density at radius 2 is 1.82 bits per heavy atom. The molecule has 1 atom stereocenters. The zero-order valence-corrected chi connectivity index (χ0v) is 16.2. The predicted octanol–water partition coefficient (Wildman–Crippen LogP) is 4.86. The van der Waals surface area contributed by atoms with Gasteiger partial charge >= 0.3 is 0 Å². The van der Waals surface area contributed by atoms with E-state index >= 15 is 0 Å². The first-order valence-corrected chi connectivity index (χ1v) is 9.63. The Labute approximate surface area is 166 Å². The molecule has 4 rings (SSSR count). The molecule has 0 fully saturated rings. The van der Waals surface area contributed by atoms with Gasteiger partial charge in [-0.1, -0.05) is 64.9 Å². The van der Waals surface area contributed by atoms with Crippen molar-refractivity contribution in [2.45, 2.75) is 30.9 Å². The highest BCUT2D eigenvalue weighted by atomic mass is 32.2. The van der Waals surface area contributed by atoms with Crippen LogP contribution in [0.25, 0.3) is 11.4 Å². The van der Waals surface area contributed by atoms with Gasteiger partial charge in [0.15, 0.2) is 6.61 Å². The Balaban J connectivity index is 1.36. The van der Waals surface area contributed by atoms with Crippen LogP contribution in [0, 0.1) is 6.92 Å². The molecular weight excluding hydrogens is 376 g/mol. The minimum atomic E-state index is -0.128. The Morgan fingerprint density at radius 1 is 1.04 bits per heavy atom. The fourth-order valence-corrected chi connectivity index (χ4v) is 3.16. The third-order valence-corrected chi connectivity index (χ3v) is 4.85. The number of thioether (sulfide) groups is 1. The molecule has 0 saturated heterocycles. The molecule has 7 nitrogen and oxygen atoms in total. The Bertz CT molecular complexity index is 1030. The van der Waals surface area contributed by atoms with Crippen LogP contribution in [0.2, 0.25) is 0 Å². The quantitative estimate of drug-likeness (QED) is 0.411. The molecule has 0 aliphatic carbocycles. The lowest BCUT2D eigenvalue weighted by Gasteiger charge is -2.03. The molecule has 0 spiro atoms. The molecule has 0 N–H and O–H groups in total. The molecule has 1 unspecified atom stereocenters. The van der Waals surface area contributed by atoms with Gasteiger partial charge in [0.05, 0.1) is 5.25 Å². The molecule has 2 aromatic heterocycles. The van der Waals surface area contributed by atoms with Gasteiger partial charge in [0.1, 0.15) is 5.75 Å². The molecule has 0 aliphatic rings. The lowest BCUT2D eigenvalue weighted by molar-refractivity contribution is 0.252. The van der Waals surface area contributed by atoms with E-state index in [0.29, 0.717) is 22.8 Å². The van der Waals surface area contributed by atoms with E-state index in [-0.39, 0.29) is 11.9 Å². The normalized spacial score (nSPS) is 12.1. The number of hydrogen-bond donors (Lipinski definition) is 0. The van der Waals surface area contributed by atoms with Gasteiger partial charge in [-0.15, -0.1) is 10.2 Å². The molecule has 2 aromatic carbocycles. The van der Waals surface area contributed by atoms with Crippen LogP contribution >= 0.6 is 11.8 Å². The number of aromatic nitrogens is 4. The van der Waals surface area contributed by atoms with Crippen molar-refractivity contribution in [1.29, 1.82) is 0 Å². The lowest BCUT2D eigenvalue weighted by Crippen LogP contribution is -1.95. The molecule has 28 heavy (non-hydrogen) atoms. The maximum atomic E-state index is 5.66. The SMILES string of the molecule is Cc1ccc(OCc2nnc(SC(C)c3nc(-c4ccccc4)no3)o2)cc1. The first-order chi connectivity index (χ1) is 13.7. The van der Waals surface area contributed by atoms with Crippen LogP contribution in [0.3, 0.4) is 0 Å². The maximum absolute atomic E-state index is 5.66. The van der Waals surface area contributed by atoms with E-state index in [1.807, 2.05) is 68.4 Å². The van der Waals surface area contributed by atoms with Crippen LogP contribution in [0.4, 0.5) is 0 Å². The van der Waals surface area contributed by atoms with Crippen LogP contribution in [0.1, 0.15) is 29.5 Å². The average molecular weight is 394 g/mol. The van der Waals surface area contributed by atoms with Gasteiger partial charge in [-0.25, -0.2) is 0 Å². The monoisotopic (exact) mass is 394 g/mol. The molecule has 0 amide bonds. The number of aryl methyl sites for hydroxylation is 1. The summed E-state index contributed by atoms with van der Waals surface area (Å²) in [5.41, 5.74) is 2.08. The summed E-state index contributed by atoms with van der Waals surface area (Å²) in [7, 11) is 0. The topological polar surface area (TPSA) is 87.1 Å². The fourth-order valence-electron chi connectivity index (χ4n) is 2.43. The highest BCUT2D eigenvalue weighted by Crippen LogP contribution is 2.33. The molecule has 0 saturated carbocycles. The smallest absolute Gasteiger partial charge is 0.277 e. The van der Waals surface area contributed by atoms with Crippen molar-refractivity contribution < 1.29 is 13.7 Å². The van der Waals surface area contributed by atoms with Gasteiger partial charge in [-0.2, -0.15) is 4.98 Å². The summed E-state index contributed by atoms with van der Waals surface area (Å²) >= 11 is 1.36. The zero-order valence-electron chi connectivity index (χ0n) is 15.4. The minimum Gasteiger partial charge on any atom is -0.484 e. The summed E-state index contributed by atoms with van der Waals surface area (Å²) in [4.78, 5) is 4.45. The summed E-state index contributed by atoms with van der Waals surface area (Å²) in [5, 5.41) is 12.4. The molecule has 2 heterocycles. The molecule has 0 radical (unpaired) electrons. The van der Waals surface area contributed by atoms with Gasteiger partial charge in [0.2, 0.25) is 11.7 Å². The van der Waals surface area contributed by atoms with Crippen molar-refractivity contribution in [3.8, 4) is 17.1 Å². The van der Waals surface area contributed by atoms with Crippen LogP contribution in [0.15, 0.2) is 68.8 Å².